The van der Waals surface area contributed by atoms with Crippen molar-refractivity contribution in [1.29, 1.82) is 0 Å². The monoisotopic (exact) mass is 305 g/mol. The van der Waals surface area contributed by atoms with Gasteiger partial charge in [0.1, 0.15) is 11.6 Å². The molecular weight excluding hydrogens is 282 g/mol. The number of amides is 1. The number of benzene rings is 1. The van der Waals surface area contributed by atoms with E-state index in [1.54, 1.807) is 0 Å². The molecule has 0 bridgehead atoms. The second kappa shape index (κ2) is 7.40. The van der Waals surface area contributed by atoms with Gasteiger partial charge in [-0.15, -0.1) is 0 Å². The SMILES string of the molecule is COC1(C(=O)NC(Cc2ccccc2)C(=O)O)CCCCC1. The van der Waals surface area contributed by atoms with E-state index in [-0.39, 0.29) is 12.3 Å². The van der Waals surface area contributed by atoms with Crippen LogP contribution in [0, 0.1) is 0 Å². The molecular formula is C17H23NO4. The zero-order chi connectivity index (χ0) is 16.0. The number of methoxy groups -OCH3 is 1. The molecule has 1 saturated carbocycles. The van der Waals surface area contributed by atoms with Gasteiger partial charge in [0.25, 0.3) is 5.91 Å². The molecule has 0 radical (unpaired) electrons. The van der Waals surface area contributed by atoms with Crippen LogP contribution < -0.4 is 5.32 Å². The highest BCUT2D eigenvalue weighted by Gasteiger charge is 2.41. The number of hydrogen-bond acceptors (Lipinski definition) is 3. The molecule has 1 aromatic carbocycles. The van der Waals surface area contributed by atoms with E-state index in [4.69, 9.17) is 4.74 Å². The zero-order valence-electron chi connectivity index (χ0n) is 12.9. The minimum atomic E-state index is -1.03. The quantitative estimate of drug-likeness (QED) is 0.844. The zero-order valence-corrected chi connectivity index (χ0v) is 12.9. The van der Waals surface area contributed by atoms with Gasteiger partial charge in [-0.05, 0) is 18.4 Å². The van der Waals surface area contributed by atoms with E-state index in [1.807, 2.05) is 30.3 Å². The Morgan fingerprint density at radius 1 is 1.23 bits per heavy atom. The van der Waals surface area contributed by atoms with Crippen LogP contribution in [0.3, 0.4) is 0 Å². The van der Waals surface area contributed by atoms with Crippen molar-refractivity contribution in [2.45, 2.75) is 50.2 Å². The summed E-state index contributed by atoms with van der Waals surface area (Å²) in [5, 5.41) is 12.0. The fourth-order valence-corrected chi connectivity index (χ4v) is 2.99. The maximum absolute atomic E-state index is 12.6. The maximum Gasteiger partial charge on any atom is 0.326 e. The highest BCUT2D eigenvalue weighted by Crippen LogP contribution is 2.31. The topological polar surface area (TPSA) is 75.6 Å². The van der Waals surface area contributed by atoms with Crippen molar-refractivity contribution < 1.29 is 19.4 Å². The lowest BCUT2D eigenvalue weighted by molar-refractivity contribution is -0.152. The molecule has 1 amide bonds. The molecule has 5 heteroatoms. The first-order valence-corrected chi connectivity index (χ1v) is 7.70. The number of rotatable bonds is 6. The van der Waals surface area contributed by atoms with E-state index in [0.29, 0.717) is 12.8 Å². The van der Waals surface area contributed by atoms with Crippen LogP contribution in [0.5, 0.6) is 0 Å². The van der Waals surface area contributed by atoms with Crippen molar-refractivity contribution >= 4 is 11.9 Å². The van der Waals surface area contributed by atoms with E-state index in [2.05, 4.69) is 5.32 Å². The normalized spacial score (nSPS) is 18.4. The van der Waals surface area contributed by atoms with Gasteiger partial charge in [-0.25, -0.2) is 4.79 Å². The van der Waals surface area contributed by atoms with Crippen LogP contribution in [-0.4, -0.2) is 35.7 Å². The number of carbonyl (C=O) groups is 2. The van der Waals surface area contributed by atoms with E-state index in [0.717, 1.165) is 24.8 Å². The minimum absolute atomic E-state index is 0.266. The molecule has 0 aromatic heterocycles. The molecule has 1 aromatic rings. The van der Waals surface area contributed by atoms with Crippen molar-refractivity contribution in [2.75, 3.05) is 7.11 Å². The molecule has 120 valence electrons. The maximum atomic E-state index is 12.6. The third-order valence-corrected chi connectivity index (χ3v) is 4.35. The van der Waals surface area contributed by atoms with Gasteiger partial charge in [-0.1, -0.05) is 49.6 Å². The Labute approximate surface area is 130 Å². The second-order valence-electron chi connectivity index (χ2n) is 5.81. The number of carbonyl (C=O) groups excluding carboxylic acids is 1. The van der Waals surface area contributed by atoms with E-state index in [1.165, 1.54) is 7.11 Å². The number of nitrogens with one attached hydrogen (secondary N) is 1. The van der Waals surface area contributed by atoms with Crippen LogP contribution in [-0.2, 0) is 20.7 Å². The number of aliphatic carboxylic acids is 1. The first-order valence-electron chi connectivity index (χ1n) is 7.70. The largest absolute Gasteiger partial charge is 0.480 e. The molecule has 1 aliphatic rings. The predicted octanol–water partition coefficient (Wildman–Crippen LogP) is 2.15. The fourth-order valence-electron chi connectivity index (χ4n) is 2.99. The van der Waals surface area contributed by atoms with E-state index >= 15 is 0 Å². The third-order valence-electron chi connectivity index (χ3n) is 4.35. The fraction of sp³-hybridized carbons (Fsp3) is 0.529. The summed E-state index contributed by atoms with van der Waals surface area (Å²) in [6, 6.07) is 8.36. The van der Waals surface area contributed by atoms with E-state index < -0.39 is 17.6 Å². The molecule has 2 rings (SSSR count). The standard InChI is InChI=1S/C17H23NO4/c1-22-17(10-6-3-7-11-17)16(21)18-14(15(19)20)12-13-8-4-2-5-9-13/h2,4-5,8-9,14H,3,6-7,10-12H2,1H3,(H,18,21)(H,19,20). The molecule has 22 heavy (non-hydrogen) atoms. The Morgan fingerprint density at radius 2 is 1.86 bits per heavy atom. The van der Waals surface area contributed by atoms with Crippen LogP contribution in [0.4, 0.5) is 0 Å². The average Bonchev–Trinajstić information content (AvgIpc) is 2.55. The average molecular weight is 305 g/mol. The Balaban J connectivity index is 2.06. The third kappa shape index (κ3) is 3.85. The van der Waals surface area contributed by atoms with Gasteiger partial charge in [-0.3, -0.25) is 4.79 Å². The second-order valence-corrected chi connectivity index (χ2v) is 5.81. The summed E-state index contributed by atoms with van der Waals surface area (Å²) in [5.41, 5.74) is 0.00753. The van der Waals surface area contributed by atoms with Gasteiger partial charge >= 0.3 is 5.97 Å². The van der Waals surface area contributed by atoms with Crippen LogP contribution in [0.15, 0.2) is 30.3 Å². The summed E-state index contributed by atoms with van der Waals surface area (Å²) in [6.45, 7) is 0. The lowest BCUT2D eigenvalue weighted by Gasteiger charge is -2.35. The molecule has 1 atom stereocenters. The predicted molar refractivity (Wildman–Crippen MR) is 82.5 cm³/mol. The summed E-state index contributed by atoms with van der Waals surface area (Å²) in [6.07, 6.45) is 4.50. The lowest BCUT2D eigenvalue weighted by atomic mass is 9.83. The Kier molecular flexibility index (Phi) is 5.55. The summed E-state index contributed by atoms with van der Waals surface area (Å²) >= 11 is 0. The summed E-state index contributed by atoms with van der Waals surface area (Å²) in [7, 11) is 1.53. The Hall–Kier alpha value is -1.88. The summed E-state index contributed by atoms with van der Waals surface area (Å²) < 4.78 is 5.47. The van der Waals surface area contributed by atoms with Gasteiger partial charge in [0.2, 0.25) is 0 Å². The van der Waals surface area contributed by atoms with Crippen molar-refractivity contribution in [3.8, 4) is 0 Å². The smallest absolute Gasteiger partial charge is 0.326 e. The highest BCUT2D eigenvalue weighted by atomic mass is 16.5. The van der Waals surface area contributed by atoms with Gasteiger partial charge in [0, 0.05) is 13.5 Å². The Morgan fingerprint density at radius 3 is 2.41 bits per heavy atom. The van der Waals surface area contributed by atoms with Gasteiger partial charge in [0.05, 0.1) is 0 Å². The number of ether oxygens (including phenoxy) is 1. The Bertz CT molecular complexity index is 509. The molecule has 5 nitrogen and oxygen atoms in total. The summed E-state index contributed by atoms with van der Waals surface area (Å²) in [4.78, 5) is 24.0. The summed E-state index contributed by atoms with van der Waals surface area (Å²) in [5.74, 6) is -1.34. The van der Waals surface area contributed by atoms with Gasteiger partial charge in [0.15, 0.2) is 0 Å². The first kappa shape index (κ1) is 16.5. The molecule has 0 spiro atoms. The number of hydrogen-bond donors (Lipinski definition) is 2. The van der Waals surface area contributed by atoms with E-state index in [9.17, 15) is 14.7 Å². The molecule has 1 fully saturated rings. The van der Waals surface area contributed by atoms with Crippen molar-refractivity contribution in [2.24, 2.45) is 0 Å². The molecule has 2 N–H and O–H groups in total. The minimum Gasteiger partial charge on any atom is -0.480 e. The van der Waals surface area contributed by atoms with Crippen LogP contribution in [0.25, 0.3) is 0 Å². The molecule has 0 saturated heterocycles. The number of carboxylic acid groups (broad SMARTS) is 1. The van der Waals surface area contributed by atoms with Crippen molar-refractivity contribution in [1.82, 2.24) is 5.32 Å². The molecule has 1 unspecified atom stereocenters. The molecule has 0 aliphatic heterocycles. The van der Waals surface area contributed by atoms with Gasteiger partial charge in [-0.2, -0.15) is 0 Å². The van der Waals surface area contributed by atoms with Crippen LogP contribution >= 0.6 is 0 Å². The van der Waals surface area contributed by atoms with Crippen LogP contribution in [0.1, 0.15) is 37.7 Å². The van der Waals surface area contributed by atoms with Crippen LogP contribution in [0.2, 0.25) is 0 Å². The van der Waals surface area contributed by atoms with Crippen molar-refractivity contribution in [3.05, 3.63) is 35.9 Å². The first-order chi connectivity index (χ1) is 10.6. The molecule has 0 heterocycles. The van der Waals surface area contributed by atoms with Crippen molar-refractivity contribution in [3.63, 3.8) is 0 Å². The highest BCUT2D eigenvalue weighted by molar-refractivity contribution is 5.89. The number of carboxylic acids is 1. The lowest BCUT2D eigenvalue weighted by Crippen LogP contribution is -2.54. The molecule has 1 aliphatic carbocycles. The van der Waals surface area contributed by atoms with Gasteiger partial charge < -0.3 is 15.2 Å².